The molecule has 46 heavy (non-hydrogen) atoms. The molecular formula is C37H46BrClN5OP. The van der Waals surface area contributed by atoms with Crippen LogP contribution in [0, 0.1) is 0 Å². The fourth-order valence-electron chi connectivity index (χ4n) is 6.03. The molecule has 5 rings (SSSR count). The van der Waals surface area contributed by atoms with Crippen LogP contribution in [-0.4, -0.2) is 43.7 Å². The molecule has 0 saturated heterocycles. The van der Waals surface area contributed by atoms with E-state index in [0.717, 1.165) is 43.3 Å². The minimum atomic E-state index is -2.82. The summed E-state index contributed by atoms with van der Waals surface area (Å²) in [6, 6.07) is 41.3. The Bertz CT molecular complexity index is 1470. The second-order valence-corrected chi connectivity index (χ2v) is 20.9. The fourth-order valence-corrected chi connectivity index (χ4v) is 13.8. The quantitative estimate of drug-likeness (QED) is 0.105. The molecule has 4 aromatic rings. The molecule has 6 nitrogen and oxygen atoms in total. The maximum atomic E-state index is 6.04. The van der Waals surface area contributed by atoms with Gasteiger partial charge in [-0.15, -0.1) is 12.4 Å². The van der Waals surface area contributed by atoms with E-state index in [1.165, 1.54) is 35.2 Å². The molecule has 0 aromatic heterocycles. The van der Waals surface area contributed by atoms with Crippen molar-refractivity contribution in [1.82, 2.24) is 10.2 Å². The van der Waals surface area contributed by atoms with Crippen LogP contribution in [0.5, 0.6) is 5.75 Å². The summed E-state index contributed by atoms with van der Waals surface area (Å²) < 4.78 is 6.04. The average molecular weight is 723 g/mol. The van der Waals surface area contributed by atoms with E-state index in [4.69, 9.17) is 10.5 Å². The normalized spacial score (nSPS) is 15.3. The van der Waals surface area contributed by atoms with E-state index in [2.05, 4.69) is 122 Å². The molecule has 3 N–H and O–H groups in total. The summed E-state index contributed by atoms with van der Waals surface area (Å²) in [5.41, 5.74) is 6.94. The molecule has 4 aromatic carbocycles. The number of benzene rings is 4. The van der Waals surface area contributed by atoms with Crippen molar-refractivity contribution in [3.8, 4) is 5.75 Å². The van der Waals surface area contributed by atoms with E-state index in [9.17, 15) is 0 Å². The van der Waals surface area contributed by atoms with Gasteiger partial charge in [0, 0.05) is 14.1 Å². The third kappa shape index (κ3) is 8.12. The SMILES string of the molecule is CN(C)C1=NC(c2ccc(OCCCCCCCCP(Br)(c3ccccc3)(c3ccccc3)c3ccccc3)cc2)N=C(N)N1.Cl. The zero-order valence-corrected chi connectivity index (χ0v) is 30.1. The van der Waals surface area contributed by atoms with Crippen molar-refractivity contribution in [1.29, 1.82) is 0 Å². The molecule has 1 atom stereocenters. The topological polar surface area (TPSA) is 75.2 Å². The molecule has 0 radical (unpaired) electrons. The van der Waals surface area contributed by atoms with Crippen molar-refractivity contribution < 1.29 is 4.74 Å². The van der Waals surface area contributed by atoms with Crippen LogP contribution >= 0.6 is 33.2 Å². The van der Waals surface area contributed by atoms with Crippen LogP contribution in [0.3, 0.4) is 0 Å². The Kier molecular flexibility index (Phi) is 12.7. The summed E-state index contributed by atoms with van der Waals surface area (Å²) in [5, 5.41) is 4.35. The second-order valence-electron chi connectivity index (χ2n) is 11.8. The molecule has 0 aliphatic carbocycles. The Balaban J connectivity index is 0.00000480. The number of aliphatic imine (C=N–C) groups is 2. The van der Waals surface area contributed by atoms with Gasteiger partial charge in [-0.1, -0.05) is 0 Å². The first kappa shape index (κ1) is 35.5. The first-order valence-corrected chi connectivity index (χ1v) is 20.3. The molecular weight excluding hydrogens is 677 g/mol. The van der Waals surface area contributed by atoms with Crippen molar-refractivity contribution in [3.05, 3.63) is 121 Å². The number of guanidine groups is 2. The van der Waals surface area contributed by atoms with Gasteiger partial charge < -0.3 is 10.6 Å². The number of unbranched alkanes of at least 4 members (excludes halogenated alkanes) is 5. The third-order valence-corrected chi connectivity index (χ3v) is 18.5. The number of hydrogen-bond acceptors (Lipinski definition) is 6. The van der Waals surface area contributed by atoms with Gasteiger partial charge in [0.1, 0.15) is 0 Å². The molecule has 9 heteroatoms. The van der Waals surface area contributed by atoms with Gasteiger partial charge in [0.25, 0.3) is 0 Å². The molecule has 244 valence electrons. The minimum absolute atomic E-state index is 0. The Morgan fingerprint density at radius 1 is 0.696 bits per heavy atom. The molecule has 1 unspecified atom stereocenters. The van der Waals surface area contributed by atoms with Gasteiger partial charge in [-0.05, 0) is 5.56 Å². The average Bonchev–Trinajstić information content (AvgIpc) is 3.08. The van der Waals surface area contributed by atoms with Gasteiger partial charge in [0.2, 0.25) is 5.96 Å². The van der Waals surface area contributed by atoms with E-state index in [1.807, 2.05) is 43.3 Å². The minimum Gasteiger partial charge on any atom is -0.370 e. The van der Waals surface area contributed by atoms with Crippen LogP contribution in [0.15, 0.2) is 125 Å². The summed E-state index contributed by atoms with van der Waals surface area (Å²) in [4.78, 5) is 10.9. The summed E-state index contributed by atoms with van der Waals surface area (Å²) >= 11 is 4.57. The molecule has 0 spiro atoms. The van der Waals surface area contributed by atoms with E-state index < -0.39 is 5.31 Å². The van der Waals surface area contributed by atoms with Crippen LogP contribution < -0.4 is 31.7 Å². The van der Waals surface area contributed by atoms with Gasteiger partial charge in [-0.3, -0.25) is 5.32 Å². The first-order chi connectivity index (χ1) is 21.9. The molecule has 1 aliphatic rings. The molecule has 1 aliphatic heterocycles. The number of halogens is 2. The summed E-state index contributed by atoms with van der Waals surface area (Å²) in [7, 11) is 3.85. The maximum absolute atomic E-state index is 6.04. The smallest absolute Gasteiger partial charge is 0.370 e. The molecule has 0 amide bonds. The van der Waals surface area contributed by atoms with Crippen molar-refractivity contribution >= 4 is 61.0 Å². The summed E-state index contributed by atoms with van der Waals surface area (Å²) in [6.07, 6.45) is 7.77. The number of nitrogens with zero attached hydrogens (tertiary/aromatic N) is 3. The number of rotatable bonds is 14. The standard InChI is InChI=1S/C37H45BrN5OP.ClH/c1-43(2)37-41-35(40-36(39)42-37)30-24-26-31(27-25-30)44-28-16-5-3-4-6-17-29-45(38,32-18-10-7-11-19-32,33-20-12-8-13-21-33)34-22-14-9-15-23-34;/h7-15,18-27,35H,3-6,16-17,28-29H2,1-2H3,(H3,39,40,41,42);1H. The van der Waals surface area contributed by atoms with Gasteiger partial charge >= 0.3 is 214 Å². The monoisotopic (exact) mass is 721 g/mol. The Morgan fingerprint density at radius 2 is 1.17 bits per heavy atom. The predicted molar refractivity (Wildman–Crippen MR) is 204 cm³/mol. The number of hydrogen-bond donors (Lipinski definition) is 2. The Labute approximate surface area is 288 Å². The summed E-state index contributed by atoms with van der Waals surface area (Å²) in [6.45, 7) is 0.717. The molecule has 0 bridgehead atoms. The van der Waals surface area contributed by atoms with Crippen molar-refractivity contribution in [2.75, 3.05) is 26.9 Å². The Morgan fingerprint density at radius 3 is 1.67 bits per heavy atom. The Hall–Kier alpha value is -3.38. The van der Waals surface area contributed by atoms with Gasteiger partial charge in [-0.25, -0.2) is 9.98 Å². The van der Waals surface area contributed by atoms with Crippen LogP contribution in [0.25, 0.3) is 0 Å². The van der Waals surface area contributed by atoms with Gasteiger partial charge in [-0.2, -0.15) is 0 Å². The van der Waals surface area contributed by atoms with E-state index in [1.54, 1.807) is 0 Å². The first-order valence-electron chi connectivity index (χ1n) is 15.9. The van der Waals surface area contributed by atoms with Crippen LogP contribution in [0.1, 0.15) is 50.3 Å². The fraction of sp³-hybridized carbons (Fsp3) is 0.297. The van der Waals surface area contributed by atoms with Crippen molar-refractivity contribution in [3.63, 3.8) is 0 Å². The van der Waals surface area contributed by atoms with Crippen LogP contribution in [0.4, 0.5) is 0 Å². The van der Waals surface area contributed by atoms with Crippen molar-refractivity contribution in [2.24, 2.45) is 15.7 Å². The zero-order chi connectivity index (χ0) is 31.6. The predicted octanol–water partition coefficient (Wildman–Crippen LogP) is 7.50. The van der Waals surface area contributed by atoms with Gasteiger partial charge in [0.15, 0.2) is 12.1 Å². The van der Waals surface area contributed by atoms with Gasteiger partial charge in [0.05, 0.1) is 0 Å². The third-order valence-electron chi connectivity index (χ3n) is 8.47. The van der Waals surface area contributed by atoms with E-state index in [0.29, 0.717) is 11.9 Å². The van der Waals surface area contributed by atoms with Crippen LogP contribution in [-0.2, 0) is 0 Å². The number of nitrogens with two attached hydrogens (primary N) is 1. The molecule has 1 heterocycles. The zero-order valence-electron chi connectivity index (χ0n) is 26.8. The molecule has 0 saturated carbocycles. The van der Waals surface area contributed by atoms with Crippen LogP contribution in [0.2, 0.25) is 0 Å². The van der Waals surface area contributed by atoms with E-state index >= 15 is 0 Å². The number of ether oxygens (including phenoxy) is 1. The second kappa shape index (κ2) is 16.4. The number of nitrogens with one attached hydrogen (secondary N) is 1. The van der Waals surface area contributed by atoms with E-state index in [-0.39, 0.29) is 18.6 Å². The molecule has 0 fully saturated rings. The summed E-state index contributed by atoms with van der Waals surface area (Å²) in [5.74, 6) is 1.94. The van der Waals surface area contributed by atoms with Crippen molar-refractivity contribution in [2.45, 2.75) is 44.7 Å².